The highest BCUT2D eigenvalue weighted by Crippen LogP contribution is 2.31. The van der Waals surface area contributed by atoms with Gasteiger partial charge in [-0.15, -0.1) is 11.3 Å². The zero-order valence-corrected chi connectivity index (χ0v) is 12.3. The van der Waals surface area contributed by atoms with Gasteiger partial charge in [-0.05, 0) is 62.0 Å². The molecule has 0 amide bonds. The quantitative estimate of drug-likeness (QED) is 0.832. The first-order valence-electron chi connectivity index (χ1n) is 6.88. The van der Waals surface area contributed by atoms with E-state index < -0.39 is 0 Å². The lowest BCUT2D eigenvalue weighted by molar-refractivity contribution is 0.218. The smallest absolute Gasteiger partial charge is 0.0390 e. The third-order valence-corrected chi connectivity index (χ3v) is 5.58. The van der Waals surface area contributed by atoms with Crippen LogP contribution >= 0.6 is 11.3 Å². The Balaban J connectivity index is 1.91. The molecule has 1 heterocycles. The Kier molecular flexibility index (Phi) is 4.26. The minimum Gasteiger partial charge on any atom is -0.307 e. The maximum atomic E-state index is 3.82. The second-order valence-electron chi connectivity index (χ2n) is 5.82. The second-order valence-corrected chi connectivity index (χ2v) is 6.77. The molecule has 1 aromatic rings. The van der Waals surface area contributed by atoms with Gasteiger partial charge in [-0.1, -0.05) is 13.8 Å². The van der Waals surface area contributed by atoms with Crippen molar-refractivity contribution in [1.82, 2.24) is 5.32 Å². The Morgan fingerprint density at radius 3 is 2.65 bits per heavy atom. The van der Waals surface area contributed by atoms with Crippen LogP contribution in [0.25, 0.3) is 0 Å². The fourth-order valence-electron chi connectivity index (χ4n) is 2.96. The van der Waals surface area contributed by atoms with Crippen molar-refractivity contribution in [2.24, 2.45) is 11.8 Å². The maximum Gasteiger partial charge on any atom is 0.0390 e. The second kappa shape index (κ2) is 5.53. The molecular formula is C15H25NS. The van der Waals surface area contributed by atoms with Crippen molar-refractivity contribution < 1.29 is 0 Å². The van der Waals surface area contributed by atoms with E-state index in [1.54, 1.807) is 0 Å². The van der Waals surface area contributed by atoms with Crippen LogP contribution < -0.4 is 5.32 Å². The molecule has 0 aliphatic heterocycles. The number of hydrogen-bond acceptors (Lipinski definition) is 2. The Bertz CT molecular complexity index is 358. The van der Waals surface area contributed by atoms with Crippen molar-refractivity contribution in [2.75, 3.05) is 0 Å². The van der Waals surface area contributed by atoms with E-state index in [9.17, 15) is 0 Å². The molecule has 17 heavy (non-hydrogen) atoms. The van der Waals surface area contributed by atoms with Gasteiger partial charge in [0, 0.05) is 17.0 Å². The molecule has 1 nitrogen and oxygen atoms in total. The molecule has 0 radical (unpaired) electrons. The first kappa shape index (κ1) is 13.1. The molecule has 0 bridgehead atoms. The summed E-state index contributed by atoms with van der Waals surface area (Å²) in [5.41, 5.74) is 1.44. The van der Waals surface area contributed by atoms with Crippen LogP contribution in [0.5, 0.6) is 0 Å². The summed E-state index contributed by atoms with van der Waals surface area (Å²) < 4.78 is 0. The van der Waals surface area contributed by atoms with E-state index in [1.807, 2.05) is 11.3 Å². The highest BCUT2D eigenvalue weighted by molar-refractivity contribution is 7.10. The summed E-state index contributed by atoms with van der Waals surface area (Å²) in [6, 6.07) is 3.46. The average molecular weight is 251 g/mol. The van der Waals surface area contributed by atoms with Gasteiger partial charge >= 0.3 is 0 Å². The van der Waals surface area contributed by atoms with Gasteiger partial charge in [-0.3, -0.25) is 0 Å². The van der Waals surface area contributed by atoms with Crippen molar-refractivity contribution >= 4 is 11.3 Å². The summed E-state index contributed by atoms with van der Waals surface area (Å²) in [7, 11) is 0. The largest absolute Gasteiger partial charge is 0.307 e. The summed E-state index contributed by atoms with van der Waals surface area (Å²) in [5, 5.41) is 6.03. The highest BCUT2D eigenvalue weighted by atomic mass is 32.1. The molecule has 2 heteroatoms. The number of rotatable bonds is 3. The summed E-state index contributed by atoms with van der Waals surface area (Å²) in [4.78, 5) is 1.51. The third-order valence-electron chi connectivity index (χ3n) is 4.38. The first-order chi connectivity index (χ1) is 8.08. The van der Waals surface area contributed by atoms with E-state index in [-0.39, 0.29) is 0 Å². The van der Waals surface area contributed by atoms with Crippen LogP contribution in [0.1, 0.15) is 56.5 Å². The van der Waals surface area contributed by atoms with E-state index in [2.05, 4.69) is 44.5 Å². The lowest BCUT2D eigenvalue weighted by Crippen LogP contribution is -2.37. The molecule has 4 atom stereocenters. The van der Waals surface area contributed by atoms with Gasteiger partial charge in [0.2, 0.25) is 0 Å². The Morgan fingerprint density at radius 2 is 2.06 bits per heavy atom. The Labute approximate surface area is 110 Å². The SMILES string of the molecule is Cc1ccsc1C(C)NC1CCC(C)C(C)C1. The van der Waals surface area contributed by atoms with Crippen LogP contribution in [0, 0.1) is 18.8 Å². The van der Waals surface area contributed by atoms with Crippen LogP contribution in [0.15, 0.2) is 11.4 Å². The van der Waals surface area contributed by atoms with Crippen LogP contribution in [0.4, 0.5) is 0 Å². The lowest BCUT2D eigenvalue weighted by atomic mass is 9.79. The number of thiophene rings is 1. The standard InChI is InChI=1S/C15H25NS/c1-10-5-6-14(9-12(10)3)16-13(4)15-11(2)7-8-17-15/h7-8,10,12-14,16H,5-6,9H2,1-4H3. The maximum absolute atomic E-state index is 3.82. The van der Waals surface area contributed by atoms with Crippen molar-refractivity contribution in [3.63, 3.8) is 0 Å². The van der Waals surface area contributed by atoms with Crippen molar-refractivity contribution in [3.8, 4) is 0 Å². The normalized spacial score (nSPS) is 31.4. The van der Waals surface area contributed by atoms with Crippen LogP contribution in [0.3, 0.4) is 0 Å². The summed E-state index contributed by atoms with van der Waals surface area (Å²) in [6.45, 7) is 9.32. The molecule has 1 N–H and O–H groups in total. The van der Waals surface area contributed by atoms with Crippen molar-refractivity contribution in [2.45, 2.75) is 59.0 Å². The monoisotopic (exact) mass is 251 g/mol. The molecule has 4 unspecified atom stereocenters. The summed E-state index contributed by atoms with van der Waals surface area (Å²) in [6.07, 6.45) is 4.07. The number of aryl methyl sites for hydroxylation is 1. The van der Waals surface area contributed by atoms with E-state index in [4.69, 9.17) is 0 Å². The van der Waals surface area contributed by atoms with Crippen LogP contribution in [-0.4, -0.2) is 6.04 Å². The zero-order chi connectivity index (χ0) is 12.4. The average Bonchev–Trinajstić information content (AvgIpc) is 2.70. The molecule has 0 saturated heterocycles. The molecule has 1 aliphatic rings. The topological polar surface area (TPSA) is 12.0 Å². The van der Waals surface area contributed by atoms with Crippen molar-refractivity contribution in [3.05, 3.63) is 21.9 Å². The molecule has 96 valence electrons. The van der Waals surface area contributed by atoms with Gasteiger partial charge in [0.25, 0.3) is 0 Å². The highest BCUT2D eigenvalue weighted by Gasteiger charge is 2.25. The molecule has 1 fully saturated rings. The van der Waals surface area contributed by atoms with Gasteiger partial charge < -0.3 is 5.32 Å². The molecular weight excluding hydrogens is 226 g/mol. The minimum atomic E-state index is 0.514. The van der Waals surface area contributed by atoms with Gasteiger partial charge in [-0.2, -0.15) is 0 Å². The molecule has 1 saturated carbocycles. The van der Waals surface area contributed by atoms with Gasteiger partial charge in [-0.25, -0.2) is 0 Å². The summed E-state index contributed by atoms with van der Waals surface area (Å²) in [5.74, 6) is 1.78. The molecule has 1 aromatic heterocycles. The lowest BCUT2D eigenvalue weighted by Gasteiger charge is -2.34. The minimum absolute atomic E-state index is 0.514. The first-order valence-corrected chi connectivity index (χ1v) is 7.76. The molecule has 1 aliphatic carbocycles. The molecule has 0 aromatic carbocycles. The summed E-state index contributed by atoms with van der Waals surface area (Å²) >= 11 is 1.89. The van der Waals surface area contributed by atoms with E-state index in [0.29, 0.717) is 6.04 Å². The van der Waals surface area contributed by atoms with E-state index in [0.717, 1.165) is 17.9 Å². The Morgan fingerprint density at radius 1 is 1.29 bits per heavy atom. The zero-order valence-electron chi connectivity index (χ0n) is 11.5. The third kappa shape index (κ3) is 3.11. The fraction of sp³-hybridized carbons (Fsp3) is 0.733. The fourth-order valence-corrected chi connectivity index (χ4v) is 3.90. The number of hydrogen-bond donors (Lipinski definition) is 1. The van der Waals surface area contributed by atoms with Gasteiger partial charge in [0.1, 0.15) is 0 Å². The van der Waals surface area contributed by atoms with Crippen LogP contribution in [-0.2, 0) is 0 Å². The Hall–Kier alpha value is -0.340. The van der Waals surface area contributed by atoms with Crippen LogP contribution in [0.2, 0.25) is 0 Å². The molecule has 2 rings (SSSR count). The number of nitrogens with one attached hydrogen (secondary N) is 1. The van der Waals surface area contributed by atoms with Crippen molar-refractivity contribution in [1.29, 1.82) is 0 Å². The molecule has 0 spiro atoms. The predicted octanol–water partition coefficient (Wildman–Crippen LogP) is 4.53. The van der Waals surface area contributed by atoms with Gasteiger partial charge in [0.05, 0.1) is 0 Å². The van der Waals surface area contributed by atoms with E-state index >= 15 is 0 Å². The van der Waals surface area contributed by atoms with Gasteiger partial charge in [0.15, 0.2) is 0 Å². The van der Waals surface area contributed by atoms with E-state index in [1.165, 1.54) is 29.7 Å². The predicted molar refractivity (Wildman–Crippen MR) is 76.6 cm³/mol.